The van der Waals surface area contributed by atoms with Crippen LogP contribution >= 0.6 is 43.2 Å². The molecule has 0 radical (unpaired) electrons. The highest BCUT2D eigenvalue weighted by atomic mass is 79.9. The molecule has 0 amide bonds. The molecule has 2 nitrogen and oxygen atoms in total. The van der Waals surface area contributed by atoms with E-state index >= 15 is 0 Å². The van der Waals surface area contributed by atoms with Crippen LogP contribution in [0.5, 0.6) is 5.75 Å². The van der Waals surface area contributed by atoms with Gasteiger partial charge >= 0.3 is 0 Å². The summed E-state index contributed by atoms with van der Waals surface area (Å²) in [7, 11) is 0. The van der Waals surface area contributed by atoms with Crippen molar-refractivity contribution in [3.63, 3.8) is 0 Å². The zero-order chi connectivity index (χ0) is 11.5. The number of thiophene rings is 1. The zero-order valence-corrected chi connectivity index (χ0v) is 12.2. The van der Waals surface area contributed by atoms with Gasteiger partial charge in [0.1, 0.15) is 12.4 Å². The van der Waals surface area contributed by atoms with Gasteiger partial charge in [0.2, 0.25) is 0 Å². The molecule has 0 unspecified atom stereocenters. The van der Waals surface area contributed by atoms with Gasteiger partial charge in [0.15, 0.2) is 0 Å². The van der Waals surface area contributed by atoms with Crippen molar-refractivity contribution >= 4 is 48.9 Å². The van der Waals surface area contributed by atoms with Crippen LogP contribution in [0.2, 0.25) is 0 Å². The van der Waals surface area contributed by atoms with Crippen LogP contribution in [-0.4, -0.2) is 0 Å². The Hall–Kier alpha value is -0.520. The third-order valence-electron chi connectivity index (χ3n) is 1.96. The molecule has 2 aromatic rings. The topological polar surface area (TPSA) is 35.2 Å². The molecule has 16 heavy (non-hydrogen) atoms. The molecule has 0 aliphatic rings. The van der Waals surface area contributed by atoms with E-state index in [-0.39, 0.29) is 0 Å². The summed E-state index contributed by atoms with van der Waals surface area (Å²) in [4.78, 5) is 1.19. The highest BCUT2D eigenvalue weighted by Crippen LogP contribution is 2.36. The second-order valence-corrected chi connectivity index (χ2v) is 5.92. The Kier molecular flexibility index (Phi) is 3.89. The van der Waals surface area contributed by atoms with Crippen molar-refractivity contribution in [2.75, 3.05) is 5.73 Å². The average Bonchev–Trinajstić information content (AvgIpc) is 2.68. The van der Waals surface area contributed by atoms with E-state index in [0.29, 0.717) is 12.3 Å². The van der Waals surface area contributed by atoms with Gasteiger partial charge in [-0.1, -0.05) is 6.07 Å². The quantitative estimate of drug-likeness (QED) is 0.819. The number of nitrogens with two attached hydrogens (primary N) is 1. The lowest BCUT2D eigenvalue weighted by Crippen LogP contribution is -1.96. The van der Waals surface area contributed by atoms with E-state index in [4.69, 9.17) is 10.5 Å². The fourth-order valence-electron chi connectivity index (χ4n) is 1.26. The first-order valence-electron chi connectivity index (χ1n) is 4.56. The molecule has 0 spiro atoms. The predicted octanol–water partition coefficient (Wildman–Crippen LogP) is 4.43. The number of anilines is 1. The summed E-state index contributed by atoms with van der Waals surface area (Å²) in [5.74, 6) is 0.780. The standard InChI is InChI=1S/C11H9Br2NOS/c12-9-4-7(14)5-10(13)11(9)15-6-8-2-1-3-16-8/h1-5H,6,14H2. The maximum Gasteiger partial charge on any atom is 0.148 e. The first-order chi connectivity index (χ1) is 7.66. The Morgan fingerprint density at radius 2 is 1.94 bits per heavy atom. The summed E-state index contributed by atoms with van der Waals surface area (Å²) >= 11 is 8.54. The van der Waals surface area contributed by atoms with E-state index in [1.165, 1.54) is 4.88 Å². The second kappa shape index (κ2) is 5.21. The number of nitrogen functional groups attached to an aromatic ring is 1. The van der Waals surface area contributed by atoms with E-state index in [9.17, 15) is 0 Å². The summed E-state index contributed by atoms with van der Waals surface area (Å²) in [6.07, 6.45) is 0. The SMILES string of the molecule is Nc1cc(Br)c(OCc2cccs2)c(Br)c1. The van der Waals surface area contributed by atoms with Crippen molar-refractivity contribution in [2.24, 2.45) is 0 Å². The molecule has 1 aromatic carbocycles. The van der Waals surface area contributed by atoms with Crippen LogP contribution in [0.25, 0.3) is 0 Å². The zero-order valence-electron chi connectivity index (χ0n) is 8.24. The van der Waals surface area contributed by atoms with Gasteiger partial charge in [-0.2, -0.15) is 0 Å². The van der Waals surface area contributed by atoms with Crippen LogP contribution in [0.3, 0.4) is 0 Å². The summed E-state index contributed by atoms with van der Waals surface area (Å²) in [6, 6.07) is 7.71. The van der Waals surface area contributed by atoms with Crippen molar-refractivity contribution in [3.05, 3.63) is 43.5 Å². The van der Waals surface area contributed by atoms with Gasteiger partial charge in [0.05, 0.1) is 8.95 Å². The van der Waals surface area contributed by atoms with Gasteiger partial charge in [0.25, 0.3) is 0 Å². The molecule has 2 N–H and O–H groups in total. The number of hydrogen-bond acceptors (Lipinski definition) is 3. The molecule has 84 valence electrons. The molecule has 0 aliphatic carbocycles. The van der Waals surface area contributed by atoms with Gasteiger partial charge in [0, 0.05) is 10.6 Å². The van der Waals surface area contributed by atoms with Gasteiger partial charge in [-0.15, -0.1) is 11.3 Å². The summed E-state index contributed by atoms with van der Waals surface area (Å²) in [6.45, 7) is 0.568. The first kappa shape index (κ1) is 12.0. The number of rotatable bonds is 3. The molecule has 0 aliphatic heterocycles. The molecule has 0 saturated carbocycles. The van der Waals surface area contributed by atoms with Crippen molar-refractivity contribution in [1.82, 2.24) is 0 Å². The van der Waals surface area contributed by atoms with Crippen LogP contribution in [0.15, 0.2) is 38.6 Å². The average molecular weight is 363 g/mol. The lowest BCUT2D eigenvalue weighted by molar-refractivity contribution is 0.306. The Morgan fingerprint density at radius 3 is 2.50 bits per heavy atom. The van der Waals surface area contributed by atoms with Crippen molar-refractivity contribution < 1.29 is 4.74 Å². The normalized spacial score (nSPS) is 10.4. The van der Waals surface area contributed by atoms with Crippen molar-refractivity contribution in [3.8, 4) is 5.75 Å². The highest BCUT2D eigenvalue weighted by Gasteiger charge is 2.08. The number of halogens is 2. The lowest BCUT2D eigenvalue weighted by Gasteiger charge is -2.10. The molecule has 0 bridgehead atoms. The minimum Gasteiger partial charge on any atom is -0.486 e. The minimum absolute atomic E-state index is 0.568. The highest BCUT2D eigenvalue weighted by molar-refractivity contribution is 9.11. The van der Waals surface area contributed by atoms with Crippen LogP contribution < -0.4 is 10.5 Å². The third kappa shape index (κ3) is 2.78. The fraction of sp³-hybridized carbons (Fsp3) is 0.0909. The molecule has 0 atom stereocenters. The number of hydrogen-bond donors (Lipinski definition) is 1. The maximum atomic E-state index is 5.73. The second-order valence-electron chi connectivity index (χ2n) is 3.18. The number of ether oxygens (including phenoxy) is 1. The van der Waals surface area contributed by atoms with Crippen LogP contribution in [0.4, 0.5) is 5.69 Å². The fourth-order valence-corrected chi connectivity index (χ4v) is 3.32. The van der Waals surface area contributed by atoms with Crippen LogP contribution in [0, 0.1) is 0 Å². The molecule has 0 fully saturated rings. The summed E-state index contributed by atoms with van der Waals surface area (Å²) < 4.78 is 7.44. The number of benzene rings is 1. The molecule has 5 heteroatoms. The Morgan fingerprint density at radius 1 is 1.25 bits per heavy atom. The molecule has 2 rings (SSSR count). The maximum absolute atomic E-state index is 5.73. The van der Waals surface area contributed by atoms with E-state index in [1.54, 1.807) is 11.3 Å². The molecule has 1 aromatic heterocycles. The van der Waals surface area contributed by atoms with Crippen LogP contribution in [-0.2, 0) is 6.61 Å². The van der Waals surface area contributed by atoms with Crippen molar-refractivity contribution in [1.29, 1.82) is 0 Å². The monoisotopic (exact) mass is 361 g/mol. The Bertz CT molecular complexity index is 462. The van der Waals surface area contributed by atoms with Gasteiger partial charge in [-0.3, -0.25) is 0 Å². The van der Waals surface area contributed by atoms with Crippen molar-refractivity contribution in [2.45, 2.75) is 6.61 Å². The van der Waals surface area contributed by atoms with Crippen LogP contribution in [0.1, 0.15) is 4.88 Å². The van der Waals surface area contributed by atoms with E-state index in [1.807, 2.05) is 29.6 Å². The molecule has 1 heterocycles. The first-order valence-corrected chi connectivity index (χ1v) is 7.03. The molecule has 0 saturated heterocycles. The smallest absolute Gasteiger partial charge is 0.148 e. The van der Waals surface area contributed by atoms with Gasteiger partial charge < -0.3 is 10.5 Å². The third-order valence-corrected chi connectivity index (χ3v) is 3.99. The van der Waals surface area contributed by atoms with E-state index in [0.717, 1.165) is 14.7 Å². The Labute approximate surface area is 115 Å². The van der Waals surface area contributed by atoms with E-state index < -0.39 is 0 Å². The Balaban J connectivity index is 2.15. The summed E-state index contributed by atoms with van der Waals surface area (Å²) in [5, 5.41) is 2.03. The van der Waals surface area contributed by atoms with E-state index in [2.05, 4.69) is 31.9 Å². The molecular weight excluding hydrogens is 354 g/mol. The lowest BCUT2D eigenvalue weighted by atomic mass is 10.3. The van der Waals surface area contributed by atoms with Gasteiger partial charge in [-0.25, -0.2) is 0 Å². The molecular formula is C11H9Br2NOS. The predicted molar refractivity (Wildman–Crippen MR) is 74.9 cm³/mol. The minimum atomic E-state index is 0.568. The van der Waals surface area contributed by atoms with Gasteiger partial charge in [-0.05, 0) is 55.4 Å². The summed E-state index contributed by atoms with van der Waals surface area (Å²) in [5.41, 5.74) is 6.40. The largest absolute Gasteiger partial charge is 0.486 e.